The molecule has 0 heterocycles. The summed E-state index contributed by atoms with van der Waals surface area (Å²) >= 11 is 0. The van der Waals surface area contributed by atoms with Crippen molar-refractivity contribution in [3.05, 3.63) is 0 Å². The smallest absolute Gasteiger partial charge is 0.133 e. The van der Waals surface area contributed by atoms with Crippen molar-refractivity contribution >= 4 is 5.78 Å². The monoisotopic (exact) mass is 334 g/mol. The Bertz CT molecular complexity index is 531. The van der Waals surface area contributed by atoms with Gasteiger partial charge in [-0.3, -0.25) is 4.79 Å². The molecule has 2 N–H and O–H groups in total. The minimum absolute atomic E-state index is 0.0529. The van der Waals surface area contributed by atoms with Gasteiger partial charge in [0.15, 0.2) is 0 Å². The molecule has 4 aliphatic rings. The summed E-state index contributed by atoms with van der Waals surface area (Å²) in [5.74, 6) is 2.69. The lowest BCUT2D eigenvalue weighted by atomic mass is 9.44. The van der Waals surface area contributed by atoms with Crippen LogP contribution in [0, 0.1) is 40.4 Å². The molecule has 0 aromatic carbocycles. The second-order valence-electron chi connectivity index (χ2n) is 9.94. The first kappa shape index (κ1) is 17.0. The molecule has 0 saturated heterocycles. The van der Waals surface area contributed by atoms with Gasteiger partial charge in [-0.25, -0.2) is 0 Å². The van der Waals surface area contributed by atoms with Crippen LogP contribution < -0.4 is 0 Å². The fraction of sp³-hybridized carbons (Fsp3) is 0.952. The average Bonchev–Trinajstić information content (AvgIpc) is 2.88. The third-order valence-electron chi connectivity index (χ3n) is 9.24. The summed E-state index contributed by atoms with van der Waals surface area (Å²) < 4.78 is 0. The van der Waals surface area contributed by atoms with E-state index in [0.717, 1.165) is 38.5 Å². The summed E-state index contributed by atoms with van der Waals surface area (Å²) in [6, 6.07) is 0. The van der Waals surface area contributed by atoms with Gasteiger partial charge < -0.3 is 10.2 Å². The zero-order valence-electron chi connectivity index (χ0n) is 15.5. The van der Waals surface area contributed by atoms with E-state index in [1.54, 1.807) is 6.92 Å². The van der Waals surface area contributed by atoms with Crippen LogP contribution in [0.3, 0.4) is 0 Å². The number of aliphatic hydroxyl groups excluding tert-OH is 2. The van der Waals surface area contributed by atoms with E-state index in [1.165, 1.54) is 12.8 Å². The number of carbonyl (C=O) groups is 1. The SMILES string of the molecule is CC(=O)C1CCC2C3CC[C@@H]4C[C@H](O)CC[C@]4(C)C3C[C@H](O)[C@]12C. The van der Waals surface area contributed by atoms with Gasteiger partial charge in [-0.1, -0.05) is 13.8 Å². The van der Waals surface area contributed by atoms with E-state index < -0.39 is 0 Å². The first-order chi connectivity index (χ1) is 11.3. The van der Waals surface area contributed by atoms with Crippen LogP contribution in [0.4, 0.5) is 0 Å². The number of ketones is 1. The summed E-state index contributed by atoms with van der Waals surface area (Å²) in [7, 11) is 0. The number of fused-ring (bicyclic) bond motifs is 5. The van der Waals surface area contributed by atoms with E-state index >= 15 is 0 Å². The van der Waals surface area contributed by atoms with E-state index in [2.05, 4.69) is 13.8 Å². The molecular weight excluding hydrogens is 300 g/mol. The van der Waals surface area contributed by atoms with Crippen LogP contribution in [-0.4, -0.2) is 28.2 Å². The number of rotatable bonds is 1. The quantitative estimate of drug-likeness (QED) is 0.771. The highest BCUT2D eigenvalue weighted by Crippen LogP contribution is 2.67. The van der Waals surface area contributed by atoms with Crippen molar-refractivity contribution in [1.82, 2.24) is 0 Å². The maximum Gasteiger partial charge on any atom is 0.133 e. The van der Waals surface area contributed by atoms with Crippen LogP contribution in [0.2, 0.25) is 0 Å². The van der Waals surface area contributed by atoms with Crippen molar-refractivity contribution < 1.29 is 15.0 Å². The molecule has 9 atom stereocenters. The van der Waals surface area contributed by atoms with Gasteiger partial charge in [-0.15, -0.1) is 0 Å². The van der Waals surface area contributed by atoms with Crippen LogP contribution in [0.25, 0.3) is 0 Å². The fourth-order valence-corrected chi connectivity index (χ4v) is 7.86. The summed E-state index contributed by atoms with van der Waals surface area (Å²) in [4.78, 5) is 12.2. The van der Waals surface area contributed by atoms with Gasteiger partial charge in [0.25, 0.3) is 0 Å². The second kappa shape index (κ2) is 5.54. The van der Waals surface area contributed by atoms with Gasteiger partial charge in [0, 0.05) is 11.3 Å². The Morgan fingerprint density at radius 3 is 2.42 bits per heavy atom. The molecule has 3 heteroatoms. The molecule has 4 rings (SSSR count). The van der Waals surface area contributed by atoms with Gasteiger partial charge >= 0.3 is 0 Å². The van der Waals surface area contributed by atoms with E-state index in [-0.39, 0.29) is 34.7 Å². The standard InChI is InChI=1S/C21H34O3/c1-12(22)16-6-7-17-15-5-4-13-10-14(23)8-9-20(13,2)18(15)11-19(24)21(16,17)3/h13-19,23-24H,4-11H2,1-3H3/t13-,14-,15?,16?,17?,18?,19+,20+,21-/m1/s1. The lowest BCUT2D eigenvalue weighted by Gasteiger charge is -2.62. The highest BCUT2D eigenvalue weighted by atomic mass is 16.3. The summed E-state index contributed by atoms with van der Waals surface area (Å²) in [5.41, 5.74) is 0.0726. The normalized spacial score (nSPS) is 57.0. The average molecular weight is 335 g/mol. The van der Waals surface area contributed by atoms with Crippen LogP contribution in [0.5, 0.6) is 0 Å². The van der Waals surface area contributed by atoms with Gasteiger partial charge in [0.05, 0.1) is 12.2 Å². The number of hydrogen-bond acceptors (Lipinski definition) is 3. The number of carbonyl (C=O) groups excluding carboxylic acids is 1. The van der Waals surface area contributed by atoms with Crippen LogP contribution in [-0.2, 0) is 4.79 Å². The molecule has 0 aromatic heterocycles. The Hall–Kier alpha value is -0.410. The fourth-order valence-electron chi connectivity index (χ4n) is 7.86. The zero-order chi connectivity index (χ0) is 17.3. The molecule has 136 valence electrons. The predicted molar refractivity (Wildman–Crippen MR) is 93.3 cm³/mol. The number of aliphatic hydroxyl groups is 2. The van der Waals surface area contributed by atoms with Crippen molar-refractivity contribution in [3.63, 3.8) is 0 Å². The summed E-state index contributed by atoms with van der Waals surface area (Å²) in [5, 5.41) is 21.3. The van der Waals surface area contributed by atoms with Gasteiger partial charge in [0.1, 0.15) is 5.78 Å². The Balaban J connectivity index is 1.66. The largest absolute Gasteiger partial charge is 0.393 e. The maximum absolute atomic E-state index is 12.2. The van der Waals surface area contributed by atoms with Crippen molar-refractivity contribution in [2.24, 2.45) is 40.4 Å². The molecule has 0 aromatic rings. The molecule has 4 saturated carbocycles. The van der Waals surface area contributed by atoms with Crippen LogP contribution >= 0.6 is 0 Å². The van der Waals surface area contributed by atoms with Crippen molar-refractivity contribution in [3.8, 4) is 0 Å². The Morgan fingerprint density at radius 1 is 0.958 bits per heavy atom. The predicted octanol–water partition coefficient (Wildman–Crippen LogP) is 3.57. The maximum atomic E-state index is 12.2. The minimum Gasteiger partial charge on any atom is -0.393 e. The second-order valence-corrected chi connectivity index (χ2v) is 9.94. The van der Waals surface area contributed by atoms with E-state index in [9.17, 15) is 15.0 Å². The summed E-state index contributed by atoms with van der Waals surface area (Å²) in [6.45, 7) is 6.36. The van der Waals surface area contributed by atoms with Crippen molar-refractivity contribution in [2.45, 2.75) is 84.3 Å². The van der Waals surface area contributed by atoms with Crippen LogP contribution in [0.1, 0.15) is 72.1 Å². The molecule has 0 amide bonds. The molecule has 24 heavy (non-hydrogen) atoms. The molecule has 0 bridgehead atoms. The van der Waals surface area contributed by atoms with E-state index in [0.29, 0.717) is 23.7 Å². The lowest BCUT2D eigenvalue weighted by Crippen LogP contribution is -2.58. The number of Topliss-reactive ketones (excluding diaryl/α,β-unsaturated/α-hetero) is 1. The molecule has 0 aliphatic heterocycles. The number of hydrogen-bond donors (Lipinski definition) is 2. The first-order valence-electron chi connectivity index (χ1n) is 10.1. The molecule has 4 unspecified atom stereocenters. The topological polar surface area (TPSA) is 57.5 Å². The lowest BCUT2D eigenvalue weighted by molar-refractivity contribution is -0.173. The molecule has 0 spiro atoms. The van der Waals surface area contributed by atoms with Gasteiger partial charge in [0.2, 0.25) is 0 Å². The Kier molecular flexibility index (Phi) is 3.93. The van der Waals surface area contributed by atoms with Crippen molar-refractivity contribution in [1.29, 1.82) is 0 Å². The molecular formula is C21H34O3. The highest BCUT2D eigenvalue weighted by molar-refractivity contribution is 5.79. The minimum atomic E-state index is -0.345. The molecule has 3 nitrogen and oxygen atoms in total. The van der Waals surface area contributed by atoms with Gasteiger partial charge in [-0.05, 0) is 87.4 Å². The molecule has 4 fully saturated rings. The third-order valence-corrected chi connectivity index (χ3v) is 9.24. The van der Waals surface area contributed by atoms with Gasteiger partial charge in [-0.2, -0.15) is 0 Å². The van der Waals surface area contributed by atoms with Crippen molar-refractivity contribution in [2.75, 3.05) is 0 Å². The molecule has 0 radical (unpaired) electrons. The Morgan fingerprint density at radius 2 is 1.71 bits per heavy atom. The van der Waals surface area contributed by atoms with E-state index in [4.69, 9.17) is 0 Å². The first-order valence-corrected chi connectivity index (χ1v) is 10.1. The van der Waals surface area contributed by atoms with E-state index in [1.807, 2.05) is 0 Å². The molecule has 4 aliphatic carbocycles. The third kappa shape index (κ3) is 2.13. The highest BCUT2D eigenvalue weighted by Gasteiger charge is 2.63. The zero-order valence-corrected chi connectivity index (χ0v) is 15.5. The summed E-state index contributed by atoms with van der Waals surface area (Å²) in [6.07, 6.45) is 7.92. The van der Waals surface area contributed by atoms with Crippen LogP contribution in [0.15, 0.2) is 0 Å². The Labute approximate surface area is 146 Å².